The molecule has 1 N–H and O–H groups in total. The van der Waals surface area contributed by atoms with E-state index in [-0.39, 0.29) is 16.8 Å². The van der Waals surface area contributed by atoms with Gasteiger partial charge in [0.25, 0.3) is 0 Å². The zero-order chi connectivity index (χ0) is 23.2. The third-order valence-electron chi connectivity index (χ3n) is 5.70. The molecule has 1 heterocycles. The fourth-order valence-corrected chi connectivity index (χ4v) is 4.08. The average molecular weight is 439 g/mol. The Hall–Kier alpha value is -2.74. The smallest absolute Gasteiger partial charge is 0.398 e. The molecule has 0 radical (unpaired) electrons. The zero-order valence-electron chi connectivity index (χ0n) is 17.4. The number of aliphatic hydroxyl groups is 1. The van der Waals surface area contributed by atoms with Gasteiger partial charge in [-0.3, -0.25) is 4.98 Å². The quantitative estimate of drug-likeness (QED) is 0.500. The van der Waals surface area contributed by atoms with Gasteiger partial charge in [0.15, 0.2) is 0 Å². The van der Waals surface area contributed by atoms with E-state index in [9.17, 15) is 27.1 Å². The van der Waals surface area contributed by atoms with Crippen LogP contribution in [0.2, 0.25) is 0 Å². The molecule has 0 aliphatic heterocycles. The SMILES string of the molecule is COc1ccc(F)cc1C(C)(CC(C)(O)c1c(F)ccc2c(C)ccnc12)C(F)(F)F. The van der Waals surface area contributed by atoms with Crippen molar-refractivity contribution in [1.29, 1.82) is 0 Å². The lowest BCUT2D eigenvalue weighted by Gasteiger charge is -2.39. The Morgan fingerprint density at radius 2 is 1.71 bits per heavy atom. The van der Waals surface area contributed by atoms with E-state index in [4.69, 9.17) is 4.74 Å². The molecule has 0 saturated heterocycles. The molecule has 3 nitrogen and oxygen atoms in total. The summed E-state index contributed by atoms with van der Waals surface area (Å²) in [6.07, 6.45) is -4.51. The molecule has 0 spiro atoms. The lowest BCUT2D eigenvalue weighted by Crippen LogP contribution is -2.45. The van der Waals surface area contributed by atoms with E-state index < -0.39 is 40.8 Å². The maximum atomic E-state index is 14.9. The van der Waals surface area contributed by atoms with Crippen molar-refractivity contribution in [2.45, 2.75) is 44.4 Å². The van der Waals surface area contributed by atoms with E-state index in [1.165, 1.54) is 19.4 Å². The van der Waals surface area contributed by atoms with Crippen molar-refractivity contribution >= 4 is 10.9 Å². The Morgan fingerprint density at radius 1 is 1.03 bits per heavy atom. The number of aromatic nitrogens is 1. The average Bonchev–Trinajstić information content (AvgIpc) is 2.66. The van der Waals surface area contributed by atoms with Crippen LogP contribution in [0, 0.1) is 18.6 Å². The number of aryl methyl sites for hydroxylation is 1. The van der Waals surface area contributed by atoms with Crippen LogP contribution in [0.1, 0.15) is 37.0 Å². The van der Waals surface area contributed by atoms with Crippen molar-refractivity contribution in [3.05, 3.63) is 70.9 Å². The first kappa shape index (κ1) is 22.9. The largest absolute Gasteiger partial charge is 0.496 e. The molecule has 8 heteroatoms. The second-order valence-corrected chi connectivity index (χ2v) is 8.07. The van der Waals surface area contributed by atoms with E-state index in [0.29, 0.717) is 5.39 Å². The van der Waals surface area contributed by atoms with Crippen LogP contribution in [-0.4, -0.2) is 23.4 Å². The molecular weight excluding hydrogens is 417 g/mol. The minimum Gasteiger partial charge on any atom is -0.496 e. The molecule has 0 amide bonds. The highest BCUT2D eigenvalue weighted by molar-refractivity contribution is 5.85. The number of ether oxygens (including phenoxy) is 1. The van der Waals surface area contributed by atoms with E-state index in [2.05, 4.69) is 4.98 Å². The van der Waals surface area contributed by atoms with Gasteiger partial charge in [-0.1, -0.05) is 0 Å². The number of pyridine rings is 1. The van der Waals surface area contributed by atoms with Crippen molar-refractivity contribution in [3.63, 3.8) is 0 Å². The van der Waals surface area contributed by atoms with Crippen LogP contribution in [0.15, 0.2) is 42.6 Å². The number of benzene rings is 2. The highest BCUT2D eigenvalue weighted by atomic mass is 19.4. The number of hydrogen-bond donors (Lipinski definition) is 1. The second-order valence-electron chi connectivity index (χ2n) is 8.07. The first-order chi connectivity index (χ1) is 14.3. The molecule has 3 aromatic rings. The monoisotopic (exact) mass is 439 g/mol. The maximum Gasteiger partial charge on any atom is 0.398 e. The number of rotatable bonds is 5. The maximum absolute atomic E-state index is 14.9. The molecule has 3 rings (SSSR count). The number of methoxy groups -OCH3 is 1. The van der Waals surface area contributed by atoms with Crippen molar-refractivity contribution in [2.75, 3.05) is 7.11 Å². The molecule has 2 atom stereocenters. The minimum atomic E-state index is -4.91. The van der Waals surface area contributed by atoms with Crippen molar-refractivity contribution in [2.24, 2.45) is 0 Å². The summed E-state index contributed by atoms with van der Waals surface area (Å²) in [5.41, 5.74) is -5.10. The number of hydrogen-bond acceptors (Lipinski definition) is 3. The number of halogens is 5. The van der Waals surface area contributed by atoms with Crippen LogP contribution in [0.4, 0.5) is 22.0 Å². The molecule has 0 aliphatic carbocycles. The fraction of sp³-hybridized carbons (Fsp3) is 0.348. The van der Waals surface area contributed by atoms with Crippen LogP contribution in [0.3, 0.4) is 0 Å². The summed E-state index contributed by atoms with van der Waals surface area (Å²) in [6, 6.07) is 7.03. The first-order valence-electron chi connectivity index (χ1n) is 9.49. The van der Waals surface area contributed by atoms with Crippen molar-refractivity contribution < 1.29 is 31.8 Å². The fourth-order valence-electron chi connectivity index (χ4n) is 4.08. The van der Waals surface area contributed by atoms with Gasteiger partial charge in [0.1, 0.15) is 17.4 Å². The molecule has 31 heavy (non-hydrogen) atoms. The summed E-state index contributed by atoms with van der Waals surface area (Å²) >= 11 is 0. The third kappa shape index (κ3) is 3.96. The molecule has 2 aromatic carbocycles. The second kappa shape index (κ2) is 7.75. The van der Waals surface area contributed by atoms with Gasteiger partial charge in [0, 0.05) is 22.7 Å². The molecule has 0 bridgehead atoms. The van der Waals surface area contributed by atoms with E-state index >= 15 is 0 Å². The Bertz CT molecular complexity index is 1130. The Balaban J connectivity index is 2.25. The summed E-state index contributed by atoms with van der Waals surface area (Å²) in [5.74, 6) is -1.96. The predicted molar refractivity (Wildman–Crippen MR) is 107 cm³/mol. The van der Waals surface area contributed by atoms with Crippen LogP contribution in [-0.2, 0) is 11.0 Å². The van der Waals surface area contributed by atoms with Crippen LogP contribution < -0.4 is 4.74 Å². The van der Waals surface area contributed by atoms with Crippen LogP contribution >= 0.6 is 0 Å². The molecular formula is C23H22F5NO2. The zero-order valence-corrected chi connectivity index (χ0v) is 17.4. The molecule has 1 aromatic heterocycles. The van der Waals surface area contributed by atoms with Crippen LogP contribution in [0.25, 0.3) is 10.9 Å². The van der Waals surface area contributed by atoms with Gasteiger partial charge >= 0.3 is 6.18 Å². The minimum absolute atomic E-state index is 0.0701. The summed E-state index contributed by atoms with van der Waals surface area (Å²) in [4.78, 5) is 4.12. The van der Waals surface area contributed by atoms with Gasteiger partial charge in [0.2, 0.25) is 0 Å². The van der Waals surface area contributed by atoms with Gasteiger partial charge in [0.05, 0.1) is 23.6 Å². The Kier molecular flexibility index (Phi) is 5.73. The lowest BCUT2D eigenvalue weighted by molar-refractivity contribution is -0.201. The number of nitrogens with zero attached hydrogens (tertiary/aromatic N) is 1. The third-order valence-corrected chi connectivity index (χ3v) is 5.70. The van der Waals surface area contributed by atoms with Crippen molar-refractivity contribution in [1.82, 2.24) is 4.98 Å². The van der Waals surface area contributed by atoms with Gasteiger partial charge in [-0.05, 0) is 69.2 Å². The first-order valence-corrected chi connectivity index (χ1v) is 9.49. The van der Waals surface area contributed by atoms with Gasteiger partial charge < -0.3 is 9.84 Å². The molecule has 0 saturated carbocycles. The summed E-state index contributed by atoms with van der Waals surface area (Å²) in [7, 11) is 1.17. The molecule has 0 fully saturated rings. The number of fused-ring (bicyclic) bond motifs is 1. The highest BCUT2D eigenvalue weighted by Gasteiger charge is 2.57. The van der Waals surface area contributed by atoms with Crippen molar-refractivity contribution in [3.8, 4) is 5.75 Å². The number of alkyl halides is 3. The molecule has 0 aliphatic rings. The molecule has 166 valence electrons. The topological polar surface area (TPSA) is 42.4 Å². The highest BCUT2D eigenvalue weighted by Crippen LogP contribution is 2.51. The molecule has 2 unspecified atom stereocenters. The summed E-state index contributed by atoms with van der Waals surface area (Å²) in [6.45, 7) is 3.68. The summed E-state index contributed by atoms with van der Waals surface area (Å²) in [5, 5.41) is 11.7. The van der Waals surface area contributed by atoms with Gasteiger partial charge in [-0.25, -0.2) is 8.78 Å². The van der Waals surface area contributed by atoms with Gasteiger partial charge in [-0.2, -0.15) is 13.2 Å². The lowest BCUT2D eigenvalue weighted by atomic mass is 9.71. The van der Waals surface area contributed by atoms with Gasteiger partial charge in [-0.15, -0.1) is 0 Å². The summed E-state index contributed by atoms with van der Waals surface area (Å²) < 4.78 is 76.9. The van der Waals surface area contributed by atoms with E-state index in [1.54, 1.807) is 13.0 Å². The van der Waals surface area contributed by atoms with E-state index in [1.807, 2.05) is 0 Å². The van der Waals surface area contributed by atoms with Crippen LogP contribution in [0.5, 0.6) is 5.75 Å². The Labute approximate surface area is 176 Å². The normalized spacial score (nSPS) is 16.1. The standard InChI is InChI=1S/C23H22F5NO2/c1-13-9-10-29-20-15(13)6-7-17(25)19(20)22(3,30)12-21(2,23(26,27)28)16-11-14(24)5-8-18(16)31-4/h5-11,30H,12H2,1-4H3. The predicted octanol–water partition coefficient (Wildman–Crippen LogP) is 5.95. The van der Waals surface area contributed by atoms with E-state index in [0.717, 1.165) is 43.7 Å². The Morgan fingerprint density at radius 3 is 2.32 bits per heavy atom.